The number of carbonyl (C=O) groups is 1. The van der Waals surface area contributed by atoms with E-state index >= 15 is 0 Å². The number of nitrogens with one attached hydrogen (secondary N) is 1. The second-order valence-corrected chi connectivity index (χ2v) is 5.00. The Hall–Kier alpha value is -2.09. The van der Waals surface area contributed by atoms with E-state index in [0.29, 0.717) is 4.47 Å². The average molecular weight is 378 g/mol. The van der Waals surface area contributed by atoms with Gasteiger partial charge in [0.1, 0.15) is 11.6 Å². The number of hydrogen-bond donors (Lipinski definition) is 1. The fraction of sp³-hybridized carbons (Fsp3) is 0.0714. The van der Waals surface area contributed by atoms with Crippen LogP contribution < -0.4 is 10.1 Å². The first-order valence-corrected chi connectivity index (χ1v) is 6.66. The van der Waals surface area contributed by atoms with Crippen LogP contribution in [0.15, 0.2) is 46.9 Å². The van der Waals surface area contributed by atoms with Crippen LogP contribution in [0.2, 0.25) is 0 Å². The number of rotatable bonds is 3. The van der Waals surface area contributed by atoms with Gasteiger partial charge in [-0.3, -0.25) is 4.79 Å². The Morgan fingerprint density at radius 1 is 1.09 bits per heavy atom. The Balaban J connectivity index is 2.10. The van der Waals surface area contributed by atoms with Crippen molar-refractivity contribution >= 4 is 27.5 Å². The van der Waals surface area contributed by atoms with E-state index in [1.54, 1.807) is 0 Å². The Morgan fingerprint density at radius 2 is 1.73 bits per heavy atom. The van der Waals surface area contributed by atoms with E-state index in [-0.39, 0.29) is 11.3 Å². The maximum atomic E-state index is 13.1. The number of alkyl halides is 3. The third-order valence-electron chi connectivity index (χ3n) is 2.52. The van der Waals surface area contributed by atoms with Crippen LogP contribution in [0.25, 0.3) is 0 Å². The molecule has 0 heterocycles. The Bertz CT molecular complexity index is 686. The quantitative estimate of drug-likeness (QED) is 0.784. The van der Waals surface area contributed by atoms with Crippen molar-refractivity contribution in [3.8, 4) is 5.75 Å². The molecule has 0 atom stereocenters. The largest absolute Gasteiger partial charge is 0.573 e. The SMILES string of the molecule is O=C(Nc1ccc(OC(F)(F)F)cc1)c1cc(F)ccc1Br. The highest BCUT2D eigenvalue weighted by atomic mass is 79.9. The van der Waals surface area contributed by atoms with Crippen LogP contribution >= 0.6 is 15.9 Å². The molecule has 3 nitrogen and oxygen atoms in total. The fourth-order valence-electron chi connectivity index (χ4n) is 1.61. The first kappa shape index (κ1) is 16.3. The van der Waals surface area contributed by atoms with Gasteiger partial charge in [0.05, 0.1) is 5.56 Å². The van der Waals surface area contributed by atoms with Gasteiger partial charge < -0.3 is 10.1 Å². The third-order valence-corrected chi connectivity index (χ3v) is 3.21. The molecule has 0 bridgehead atoms. The first-order chi connectivity index (χ1) is 10.2. The molecule has 0 saturated carbocycles. The standard InChI is InChI=1S/C14H8BrF4NO2/c15-12-6-1-8(16)7-11(12)13(21)20-9-2-4-10(5-3-9)22-14(17,18)19/h1-7H,(H,20,21). The lowest BCUT2D eigenvalue weighted by Gasteiger charge is -2.10. The van der Waals surface area contributed by atoms with Crippen molar-refractivity contribution in [2.24, 2.45) is 0 Å². The molecular formula is C14H8BrF4NO2. The zero-order chi connectivity index (χ0) is 16.3. The summed E-state index contributed by atoms with van der Waals surface area (Å²) in [6.45, 7) is 0. The van der Waals surface area contributed by atoms with Gasteiger partial charge in [0.2, 0.25) is 0 Å². The minimum atomic E-state index is -4.78. The summed E-state index contributed by atoms with van der Waals surface area (Å²) in [7, 11) is 0. The minimum Gasteiger partial charge on any atom is -0.406 e. The van der Waals surface area contributed by atoms with Crippen molar-refractivity contribution in [3.63, 3.8) is 0 Å². The molecule has 2 rings (SSSR count). The highest BCUT2D eigenvalue weighted by molar-refractivity contribution is 9.10. The summed E-state index contributed by atoms with van der Waals surface area (Å²) in [5.74, 6) is -1.59. The van der Waals surface area contributed by atoms with Crippen LogP contribution in [0.4, 0.5) is 23.2 Å². The summed E-state index contributed by atoms with van der Waals surface area (Å²) in [4.78, 5) is 12.0. The fourth-order valence-corrected chi connectivity index (χ4v) is 2.04. The number of carbonyl (C=O) groups excluding carboxylic acids is 1. The molecule has 22 heavy (non-hydrogen) atoms. The zero-order valence-corrected chi connectivity index (χ0v) is 12.3. The van der Waals surface area contributed by atoms with Crippen LogP contribution in [-0.2, 0) is 0 Å². The lowest BCUT2D eigenvalue weighted by molar-refractivity contribution is -0.274. The van der Waals surface area contributed by atoms with Crippen molar-refractivity contribution in [2.75, 3.05) is 5.32 Å². The summed E-state index contributed by atoms with van der Waals surface area (Å²) >= 11 is 3.12. The topological polar surface area (TPSA) is 38.3 Å². The molecule has 116 valence electrons. The van der Waals surface area contributed by atoms with Gasteiger partial charge in [0.15, 0.2) is 0 Å². The van der Waals surface area contributed by atoms with Crippen LogP contribution in [0.3, 0.4) is 0 Å². The van der Waals surface area contributed by atoms with Crippen LogP contribution in [0.5, 0.6) is 5.75 Å². The molecule has 0 aliphatic rings. The molecule has 8 heteroatoms. The maximum absolute atomic E-state index is 13.1. The minimum absolute atomic E-state index is 0.0654. The molecule has 0 spiro atoms. The zero-order valence-electron chi connectivity index (χ0n) is 10.7. The molecule has 0 fully saturated rings. The summed E-state index contributed by atoms with van der Waals surface area (Å²) < 4.78 is 53.3. The van der Waals surface area contributed by atoms with Crippen molar-refractivity contribution < 1.29 is 27.1 Å². The van der Waals surface area contributed by atoms with E-state index in [1.165, 1.54) is 24.3 Å². The smallest absolute Gasteiger partial charge is 0.406 e. The highest BCUT2D eigenvalue weighted by Crippen LogP contribution is 2.25. The predicted molar refractivity (Wildman–Crippen MR) is 75.2 cm³/mol. The maximum Gasteiger partial charge on any atom is 0.573 e. The van der Waals surface area contributed by atoms with Crippen LogP contribution in [0.1, 0.15) is 10.4 Å². The summed E-state index contributed by atoms with van der Waals surface area (Å²) in [5, 5.41) is 2.44. The summed E-state index contributed by atoms with van der Waals surface area (Å²) in [6, 6.07) is 8.21. The van der Waals surface area contributed by atoms with Crippen molar-refractivity contribution in [3.05, 3.63) is 58.3 Å². The molecule has 2 aromatic carbocycles. The van der Waals surface area contributed by atoms with Gasteiger partial charge >= 0.3 is 6.36 Å². The molecule has 0 unspecified atom stereocenters. The lowest BCUT2D eigenvalue weighted by Crippen LogP contribution is -2.17. The van der Waals surface area contributed by atoms with Gasteiger partial charge in [-0.25, -0.2) is 4.39 Å². The third kappa shape index (κ3) is 4.45. The molecule has 0 aromatic heterocycles. The number of benzene rings is 2. The van der Waals surface area contributed by atoms with Gasteiger partial charge in [0, 0.05) is 10.2 Å². The summed E-state index contributed by atoms with van der Waals surface area (Å²) in [5.41, 5.74) is 0.311. The van der Waals surface area contributed by atoms with Gasteiger partial charge in [0.25, 0.3) is 5.91 Å². The van der Waals surface area contributed by atoms with Gasteiger partial charge in [-0.2, -0.15) is 0 Å². The van der Waals surface area contributed by atoms with Crippen molar-refractivity contribution in [2.45, 2.75) is 6.36 Å². The van der Waals surface area contributed by atoms with Gasteiger partial charge in [-0.15, -0.1) is 13.2 Å². The first-order valence-electron chi connectivity index (χ1n) is 5.87. The van der Waals surface area contributed by atoms with E-state index in [9.17, 15) is 22.4 Å². The molecule has 0 saturated heterocycles. The van der Waals surface area contributed by atoms with E-state index in [4.69, 9.17) is 0 Å². The normalized spacial score (nSPS) is 11.1. The summed E-state index contributed by atoms with van der Waals surface area (Å²) in [6.07, 6.45) is -4.78. The van der Waals surface area contributed by atoms with Gasteiger partial charge in [-0.05, 0) is 58.4 Å². The molecule has 1 amide bonds. The lowest BCUT2D eigenvalue weighted by atomic mass is 10.2. The second kappa shape index (κ2) is 6.35. The average Bonchev–Trinajstić information content (AvgIpc) is 2.42. The molecule has 2 aromatic rings. The predicted octanol–water partition coefficient (Wildman–Crippen LogP) is 4.74. The van der Waals surface area contributed by atoms with Crippen LogP contribution in [-0.4, -0.2) is 12.3 Å². The Morgan fingerprint density at radius 3 is 2.32 bits per heavy atom. The van der Waals surface area contributed by atoms with E-state index in [0.717, 1.165) is 18.2 Å². The van der Waals surface area contributed by atoms with E-state index in [1.807, 2.05) is 0 Å². The molecule has 0 aliphatic carbocycles. The van der Waals surface area contributed by atoms with Crippen molar-refractivity contribution in [1.82, 2.24) is 0 Å². The van der Waals surface area contributed by atoms with E-state index in [2.05, 4.69) is 26.0 Å². The van der Waals surface area contributed by atoms with Crippen molar-refractivity contribution in [1.29, 1.82) is 0 Å². The number of amides is 1. The second-order valence-electron chi connectivity index (χ2n) is 4.15. The molecule has 1 N–H and O–H groups in total. The monoisotopic (exact) mass is 377 g/mol. The number of hydrogen-bond acceptors (Lipinski definition) is 2. The number of halogens is 5. The molecule has 0 radical (unpaired) electrons. The highest BCUT2D eigenvalue weighted by Gasteiger charge is 2.30. The Kier molecular flexibility index (Phi) is 4.70. The molecule has 0 aliphatic heterocycles. The van der Waals surface area contributed by atoms with E-state index < -0.39 is 23.8 Å². The number of ether oxygens (including phenoxy) is 1. The van der Waals surface area contributed by atoms with Crippen LogP contribution in [0, 0.1) is 5.82 Å². The van der Waals surface area contributed by atoms with Gasteiger partial charge in [-0.1, -0.05) is 0 Å². The molecular weight excluding hydrogens is 370 g/mol. The Labute approximate surface area is 131 Å². The number of anilines is 1.